The predicted octanol–water partition coefficient (Wildman–Crippen LogP) is 4.73. The second-order valence-corrected chi connectivity index (χ2v) is 11.1. The molecular formula is C26H27N5OS. The van der Waals surface area contributed by atoms with Crippen molar-refractivity contribution in [2.45, 2.75) is 45.1 Å². The van der Waals surface area contributed by atoms with Crippen molar-refractivity contribution < 1.29 is 4.79 Å². The van der Waals surface area contributed by atoms with Crippen LogP contribution in [0, 0.1) is 17.8 Å². The van der Waals surface area contributed by atoms with Crippen molar-refractivity contribution in [1.82, 2.24) is 14.9 Å². The van der Waals surface area contributed by atoms with Crippen LogP contribution in [0.25, 0.3) is 10.2 Å². The number of anilines is 2. The van der Waals surface area contributed by atoms with Gasteiger partial charge >= 0.3 is 0 Å². The maximum absolute atomic E-state index is 13.3. The zero-order chi connectivity index (χ0) is 21.9. The van der Waals surface area contributed by atoms with Crippen molar-refractivity contribution in [2.24, 2.45) is 22.7 Å². The van der Waals surface area contributed by atoms with E-state index in [1.54, 1.807) is 17.7 Å². The van der Waals surface area contributed by atoms with E-state index in [1.807, 2.05) is 6.21 Å². The van der Waals surface area contributed by atoms with Gasteiger partial charge in [0.15, 0.2) is 0 Å². The second-order valence-electron chi connectivity index (χ2n) is 10.0. The van der Waals surface area contributed by atoms with Gasteiger partial charge < -0.3 is 10.2 Å². The van der Waals surface area contributed by atoms with Gasteiger partial charge in [0.25, 0.3) is 0 Å². The van der Waals surface area contributed by atoms with E-state index < -0.39 is 0 Å². The molecule has 1 saturated carbocycles. The predicted molar refractivity (Wildman–Crippen MR) is 131 cm³/mol. The first-order chi connectivity index (χ1) is 16.2. The van der Waals surface area contributed by atoms with E-state index in [9.17, 15) is 4.79 Å². The molecule has 4 aliphatic rings. The molecule has 3 unspecified atom stereocenters. The van der Waals surface area contributed by atoms with Crippen molar-refractivity contribution in [3.05, 3.63) is 46.1 Å². The fourth-order valence-corrected chi connectivity index (χ4v) is 7.67. The number of carbonyl (C=O) groups is 1. The molecule has 0 bridgehead atoms. The van der Waals surface area contributed by atoms with E-state index in [0.717, 1.165) is 72.5 Å². The molecular weight excluding hydrogens is 430 g/mol. The highest BCUT2D eigenvalue weighted by Crippen LogP contribution is 2.42. The van der Waals surface area contributed by atoms with Crippen LogP contribution in [0.1, 0.15) is 47.3 Å². The fourth-order valence-electron chi connectivity index (χ4n) is 6.40. The quantitative estimate of drug-likeness (QED) is 0.617. The molecule has 2 aromatic heterocycles. The smallest absolute Gasteiger partial charge is 0.226 e. The average Bonchev–Trinajstić information content (AvgIpc) is 3.59. The van der Waals surface area contributed by atoms with Crippen molar-refractivity contribution in [3.63, 3.8) is 0 Å². The van der Waals surface area contributed by atoms with Gasteiger partial charge in [-0.2, -0.15) is 0 Å². The van der Waals surface area contributed by atoms with E-state index >= 15 is 0 Å². The molecule has 7 rings (SSSR count). The number of hydrogen-bond donors (Lipinski definition) is 1. The summed E-state index contributed by atoms with van der Waals surface area (Å²) in [5.41, 5.74) is 4.79. The lowest BCUT2D eigenvalue weighted by atomic mass is 9.87. The Bertz CT molecular complexity index is 1290. The third-order valence-electron chi connectivity index (χ3n) is 8.13. The molecule has 3 aromatic rings. The first-order valence-electron chi connectivity index (χ1n) is 12.2. The van der Waals surface area contributed by atoms with E-state index in [2.05, 4.69) is 43.4 Å². The molecule has 1 saturated heterocycles. The molecule has 0 spiro atoms. The van der Waals surface area contributed by atoms with E-state index in [1.165, 1.54) is 40.8 Å². The SMILES string of the molecule is O=C(C1CCc2c(sc3ncnc(Nc4ccc5c(c4)C=NC5)c23)C1)N1CC2CCCC2C1. The number of nitrogens with one attached hydrogen (secondary N) is 1. The minimum absolute atomic E-state index is 0.116. The number of nitrogens with zero attached hydrogens (tertiary/aromatic N) is 4. The molecule has 2 fully saturated rings. The van der Waals surface area contributed by atoms with E-state index in [0.29, 0.717) is 5.91 Å². The normalized spacial score (nSPS) is 25.3. The lowest BCUT2D eigenvalue weighted by molar-refractivity contribution is -0.135. The van der Waals surface area contributed by atoms with Crippen LogP contribution in [-0.2, 0) is 24.2 Å². The van der Waals surface area contributed by atoms with Gasteiger partial charge in [0.2, 0.25) is 5.91 Å². The molecule has 7 heteroatoms. The van der Waals surface area contributed by atoms with Gasteiger partial charge in [-0.25, -0.2) is 9.97 Å². The van der Waals surface area contributed by atoms with Crippen molar-refractivity contribution in [1.29, 1.82) is 0 Å². The molecule has 6 nitrogen and oxygen atoms in total. The van der Waals surface area contributed by atoms with Crippen LogP contribution in [-0.4, -0.2) is 40.1 Å². The summed E-state index contributed by atoms with van der Waals surface area (Å²) in [7, 11) is 0. The van der Waals surface area contributed by atoms with Gasteiger partial charge in [-0.3, -0.25) is 9.79 Å². The standard InChI is InChI=1S/C26H27N5OS/c32-26(31-12-17-2-1-3-18(17)13-31)15-5-7-21-22(9-15)33-25-23(21)24(28-14-29-25)30-20-6-4-16-10-27-11-19(16)8-20/h4,6,8,11,14-15,17-18H,1-3,5,7,9-10,12-13H2,(H,28,29,30). The molecule has 3 atom stereocenters. The molecule has 33 heavy (non-hydrogen) atoms. The maximum atomic E-state index is 13.3. The zero-order valence-electron chi connectivity index (χ0n) is 18.6. The lowest BCUT2D eigenvalue weighted by Gasteiger charge is -2.27. The monoisotopic (exact) mass is 457 g/mol. The highest BCUT2D eigenvalue weighted by molar-refractivity contribution is 7.19. The van der Waals surface area contributed by atoms with Crippen LogP contribution < -0.4 is 5.32 Å². The van der Waals surface area contributed by atoms with Gasteiger partial charge in [-0.1, -0.05) is 12.5 Å². The van der Waals surface area contributed by atoms with Gasteiger partial charge in [0.05, 0.1) is 11.9 Å². The highest BCUT2D eigenvalue weighted by Gasteiger charge is 2.40. The minimum atomic E-state index is 0.116. The molecule has 4 heterocycles. The number of likely N-dealkylation sites (tertiary alicyclic amines) is 1. The molecule has 2 aliphatic heterocycles. The van der Waals surface area contributed by atoms with Crippen molar-refractivity contribution >= 4 is 45.2 Å². The Morgan fingerprint density at radius 2 is 2.00 bits per heavy atom. The van der Waals surface area contributed by atoms with Crippen LogP contribution >= 0.6 is 11.3 Å². The Morgan fingerprint density at radius 3 is 2.88 bits per heavy atom. The first kappa shape index (κ1) is 19.6. The third-order valence-corrected chi connectivity index (χ3v) is 9.30. The number of aliphatic imine (C=N–C) groups is 1. The Morgan fingerprint density at radius 1 is 1.12 bits per heavy atom. The van der Waals surface area contributed by atoms with Crippen LogP contribution in [0.4, 0.5) is 11.5 Å². The van der Waals surface area contributed by atoms with Gasteiger partial charge in [0.1, 0.15) is 17.0 Å². The summed E-state index contributed by atoms with van der Waals surface area (Å²) >= 11 is 1.74. The lowest BCUT2D eigenvalue weighted by Crippen LogP contribution is -2.37. The second kappa shape index (κ2) is 7.62. The number of amides is 1. The average molecular weight is 458 g/mol. The van der Waals surface area contributed by atoms with Crippen molar-refractivity contribution in [3.8, 4) is 0 Å². The number of thiophene rings is 1. The Labute approximate surface area is 197 Å². The first-order valence-corrected chi connectivity index (χ1v) is 13.0. The fraction of sp³-hybridized carbons (Fsp3) is 0.462. The molecule has 1 aromatic carbocycles. The number of fused-ring (bicyclic) bond motifs is 5. The van der Waals surface area contributed by atoms with Crippen LogP contribution in [0.5, 0.6) is 0 Å². The number of benzene rings is 1. The van der Waals surface area contributed by atoms with E-state index in [-0.39, 0.29) is 5.92 Å². The number of carbonyl (C=O) groups excluding carboxylic acids is 1. The molecule has 1 amide bonds. The summed E-state index contributed by atoms with van der Waals surface area (Å²) in [6.45, 7) is 2.75. The topological polar surface area (TPSA) is 70.5 Å². The van der Waals surface area contributed by atoms with Crippen molar-refractivity contribution in [2.75, 3.05) is 18.4 Å². The summed E-state index contributed by atoms with van der Waals surface area (Å²) in [6.07, 6.45) is 10.2. The summed E-state index contributed by atoms with van der Waals surface area (Å²) in [4.78, 5) is 31.4. The Hall–Kier alpha value is -2.80. The summed E-state index contributed by atoms with van der Waals surface area (Å²) < 4.78 is 0. The third kappa shape index (κ3) is 3.28. The van der Waals surface area contributed by atoms with Gasteiger partial charge in [-0.05, 0) is 72.8 Å². The molecule has 0 radical (unpaired) electrons. The Kier molecular flexibility index (Phi) is 4.54. The maximum Gasteiger partial charge on any atom is 0.226 e. The number of aromatic nitrogens is 2. The molecule has 2 aliphatic carbocycles. The zero-order valence-corrected chi connectivity index (χ0v) is 19.4. The van der Waals surface area contributed by atoms with E-state index in [4.69, 9.17) is 0 Å². The van der Waals surface area contributed by atoms with Crippen LogP contribution in [0.3, 0.4) is 0 Å². The molecule has 168 valence electrons. The number of aryl methyl sites for hydroxylation is 1. The minimum Gasteiger partial charge on any atom is -0.342 e. The van der Waals surface area contributed by atoms with Crippen LogP contribution in [0.15, 0.2) is 29.5 Å². The van der Waals surface area contributed by atoms with Crippen LogP contribution in [0.2, 0.25) is 0 Å². The van der Waals surface area contributed by atoms with Gasteiger partial charge in [-0.15, -0.1) is 11.3 Å². The summed E-state index contributed by atoms with van der Waals surface area (Å²) in [5.74, 6) is 2.88. The Balaban J connectivity index is 1.15. The van der Waals surface area contributed by atoms with Gasteiger partial charge in [0, 0.05) is 35.8 Å². The number of hydrogen-bond acceptors (Lipinski definition) is 6. The largest absolute Gasteiger partial charge is 0.342 e. The molecule has 1 N–H and O–H groups in total. The number of rotatable bonds is 3. The highest BCUT2D eigenvalue weighted by atomic mass is 32.1. The summed E-state index contributed by atoms with van der Waals surface area (Å²) in [5, 5.41) is 4.67. The summed E-state index contributed by atoms with van der Waals surface area (Å²) in [6, 6.07) is 6.37.